The van der Waals surface area contributed by atoms with Crippen molar-refractivity contribution in [2.75, 3.05) is 6.67 Å². The van der Waals surface area contributed by atoms with E-state index in [1.165, 1.54) is 5.01 Å². The van der Waals surface area contributed by atoms with Crippen LogP contribution in [0.4, 0.5) is 4.79 Å². The molecular weight excluding hydrogens is 462 g/mol. The SMILES string of the molecule is CC(C)CC1(C)C(=O)N(Cc2ccc(CNC(=O)NC(c3ccccc3)c3ccccc3)cc2)CN1[NH-]. The van der Waals surface area contributed by atoms with Crippen molar-refractivity contribution in [3.8, 4) is 0 Å². The van der Waals surface area contributed by atoms with Gasteiger partial charge in [-0.1, -0.05) is 98.8 Å². The van der Waals surface area contributed by atoms with Crippen molar-refractivity contribution in [3.63, 3.8) is 0 Å². The molecule has 1 fully saturated rings. The molecule has 194 valence electrons. The van der Waals surface area contributed by atoms with Crippen LogP contribution in [0.15, 0.2) is 84.9 Å². The van der Waals surface area contributed by atoms with Crippen LogP contribution in [0, 0.1) is 5.92 Å². The number of carbonyl (C=O) groups excluding carboxylic acids is 2. The van der Waals surface area contributed by atoms with Crippen LogP contribution in [0.2, 0.25) is 0 Å². The van der Waals surface area contributed by atoms with Crippen molar-refractivity contribution < 1.29 is 9.59 Å². The Labute approximate surface area is 219 Å². The fourth-order valence-corrected chi connectivity index (χ4v) is 4.96. The van der Waals surface area contributed by atoms with Gasteiger partial charge in [0.15, 0.2) is 0 Å². The van der Waals surface area contributed by atoms with Gasteiger partial charge in [0.2, 0.25) is 5.91 Å². The van der Waals surface area contributed by atoms with Gasteiger partial charge in [-0.05, 0) is 41.5 Å². The number of carbonyl (C=O) groups is 2. The number of hydrogen-bond acceptors (Lipinski definition) is 3. The predicted octanol–water partition coefficient (Wildman–Crippen LogP) is 5.65. The van der Waals surface area contributed by atoms with E-state index in [4.69, 9.17) is 5.84 Å². The first-order chi connectivity index (χ1) is 17.8. The lowest BCUT2D eigenvalue weighted by atomic mass is 9.90. The smallest absolute Gasteiger partial charge is 0.315 e. The molecule has 1 atom stereocenters. The van der Waals surface area contributed by atoms with E-state index in [-0.39, 0.29) is 18.0 Å². The first-order valence-corrected chi connectivity index (χ1v) is 12.8. The summed E-state index contributed by atoms with van der Waals surface area (Å²) >= 11 is 0. The van der Waals surface area contributed by atoms with Gasteiger partial charge in [-0.25, -0.2) is 4.79 Å². The number of urea groups is 1. The molecule has 3 N–H and O–H groups in total. The van der Waals surface area contributed by atoms with Crippen molar-refractivity contribution in [1.29, 1.82) is 0 Å². The monoisotopic (exact) mass is 498 g/mol. The second-order valence-electron chi connectivity index (χ2n) is 10.3. The van der Waals surface area contributed by atoms with Gasteiger partial charge < -0.3 is 26.4 Å². The van der Waals surface area contributed by atoms with Gasteiger partial charge in [0.05, 0.1) is 18.2 Å². The molecule has 4 rings (SSSR count). The zero-order chi connectivity index (χ0) is 26.4. The average molecular weight is 499 g/mol. The Bertz CT molecular complexity index is 1140. The topological polar surface area (TPSA) is 88.5 Å². The standard InChI is InChI=1S/C30H36N5O2/c1-22(2)18-30(3)28(36)34(21-35(30)31)20-24-16-14-23(15-17-24)19-32-29(37)33-27(25-10-6-4-7-11-25)26-12-8-5-9-13-26/h4-17,22,27,31H,18-21H2,1-3H3,(H2,32,33,37)/q-1. The molecule has 3 amide bonds. The summed E-state index contributed by atoms with van der Waals surface area (Å²) in [6, 6.07) is 27.2. The molecule has 0 radical (unpaired) electrons. The Hall–Kier alpha value is -3.68. The first kappa shape index (κ1) is 26.4. The van der Waals surface area contributed by atoms with E-state index in [0.29, 0.717) is 32.1 Å². The summed E-state index contributed by atoms with van der Waals surface area (Å²) in [7, 11) is 0. The van der Waals surface area contributed by atoms with Crippen LogP contribution in [0.3, 0.4) is 0 Å². The Balaban J connectivity index is 1.33. The summed E-state index contributed by atoms with van der Waals surface area (Å²) in [6.07, 6.45) is 0.661. The minimum atomic E-state index is -0.775. The molecule has 1 aliphatic rings. The maximum atomic E-state index is 13.0. The molecule has 7 heteroatoms. The Kier molecular flexibility index (Phi) is 8.26. The van der Waals surface area contributed by atoms with E-state index in [1.54, 1.807) is 4.90 Å². The van der Waals surface area contributed by atoms with Gasteiger partial charge in [0.1, 0.15) is 0 Å². The molecule has 37 heavy (non-hydrogen) atoms. The lowest BCUT2D eigenvalue weighted by Crippen LogP contribution is -2.44. The van der Waals surface area contributed by atoms with Gasteiger partial charge in [0, 0.05) is 13.1 Å². The lowest BCUT2D eigenvalue weighted by Gasteiger charge is -2.37. The summed E-state index contributed by atoms with van der Waals surface area (Å²) in [6.45, 7) is 7.17. The number of nitrogens with one attached hydrogen (secondary N) is 3. The first-order valence-electron chi connectivity index (χ1n) is 12.8. The van der Waals surface area contributed by atoms with E-state index in [9.17, 15) is 9.59 Å². The predicted molar refractivity (Wildman–Crippen MR) is 146 cm³/mol. The third-order valence-corrected chi connectivity index (χ3v) is 6.85. The van der Waals surface area contributed by atoms with Crippen LogP contribution in [-0.4, -0.2) is 34.1 Å². The summed E-state index contributed by atoms with van der Waals surface area (Å²) in [5.74, 6) is 8.66. The zero-order valence-corrected chi connectivity index (χ0v) is 21.8. The normalized spacial score (nSPS) is 18.0. The van der Waals surface area contributed by atoms with Crippen molar-refractivity contribution in [3.05, 3.63) is 113 Å². The molecular formula is C30H36N5O2-. The van der Waals surface area contributed by atoms with E-state index >= 15 is 0 Å². The highest BCUT2D eigenvalue weighted by molar-refractivity contribution is 5.88. The van der Waals surface area contributed by atoms with Crippen LogP contribution in [0.5, 0.6) is 0 Å². The molecule has 0 spiro atoms. The Morgan fingerprint density at radius 1 is 0.919 bits per heavy atom. The molecule has 0 saturated carbocycles. The van der Waals surface area contributed by atoms with E-state index in [2.05, 4.69) is 24.5 Å². The quantitative estimate of drug-likeness (QED) is 0.400. The molecule has 3 aromatic rings. The third-order valence-electron chi connectivity index (χ3n) is 6.85. The van der Waals surface area contributed by atoms with Crippen LogP contribution < -0.4 is 10.6 Å². The van der Waals surface area contributed by atoms with Crippen molar-refractivity contribution in [1.82, 2.24) is 20.5 Å². The maximum Gasteiger partial charge on any atom is 0.315 e. The number of hydrogen-bond donors (Lipinski definition) is 2. The zero-order valence-electron chi connectivity index (χ0n) is 21.8. The number of rotatable bonds is 9. The fraction of sp³-hybridized carbons (Fsp3) is 0.333. The van der Waals surface area contributed by atoms with Crippen LogP contribution in [-0.2, 0) is 17.9 Å². The van der Waals surface area contributed by atoms with Gasteiger partial charge in [-0.3, -0.25) is 4.79 Å². The van der Waals surface area contributed by atoms with Gasteiger partial charge in [0.25, 0.3) is 0 Å². The molecule has 0 aliphatic carbocycles. The molecule has 1 unspecified atom stereocenters. The van der Waals surface area contributed by atoms with Crippen LogP contribution in [0.1, 0.15) is 55.5 Å². The third kappa shape index (κ3) is 6.37. The Morgan fingerprint density at radius 3 is 2.00 bits per heavy atom. The summed E-state index contributed by atoms with van der Waals surface area (Å²) in [5, 5.41) is 7.46. The maximum absolute atomic E-state index is 13.0. The summed E-state index contributed by atoms with van der Waals surface area (Å²) < 4.78 is 0. The van der Waals surface area contributed by atoms with Crippen molar-refractivity contribution in [2.24, 2.45) is 5.92 Å². The van der Waals surface area contributed by atoms with Crippen molar-refractivity contribution in [2.45, 2.75) is 51.9 Å². The van der Waals surface area contributed by atoms with Gasteiger partial charge in [-0.15, -0.1) is 0 Å². The molecule has 0 aromatic heterocycles. The van der Waals surface area contributed by atoms with E-state index in [0.717, 1.165) is 22.3 Å². The number of benzene rings is 3. The Morgan fingerprint density at radius 2 is 1.46 bits per heavy atom. The number of nitrogens with zero attached hydrogens (tertiary/aromatic N) is 2. The largest absolute Gasteiger partial charge is 0.607 e. The van der Waals surface area contributed by atoms with Crippen molar-refractivity contribution >= 4 is 11.9 Å². The molecule has 1 saturated heterocycles. The number of amides is 3. The highest BCUT2D eigenvalue weighted by Gasteiger charge is 2.44. The average Bonchev–Trinajstić information content (AvgIpc) is 3.10. The van der Waals surface area contributed by atoms with Gasteiger partial charge in [-0.2, -0.15) is 0 Å². The second kappa shape index (κ2) is 11.6. The minimum Gasteiger partial charge on any atom is -0.607 e. The highest BCUT2D eigenvalue weighted by atomic mass is 16.2. The summed E-state index contributed by atoms with van der Waals surface area (Å²) in [5.41, 5.74) is 3.22. The molecule has 0 bridgehead atoms. The lowest BCUT2D eigenvalue weighted by molar-refractivity contribution is -0.133. The van der Waals surface area contributed by atoms with Gasteiger partial charge >= 0.3 is 6.03 Å². The summed E-state index contributed by atoms with van der Waals surface area (Å²) in [4.78, 5) is 27.6. The molecule has 7 nitrogen and oxygen atoms in total. The highest BCUT2D eigenvalue weighted by Crippen LogP contribution is 2.33. The molecule has 1 heterocycles. The fourth-order valence-electron chi connectivity index (χ4n) is 4.96. The molecule has 1 aliphatic heterocycles. The van der Waals surface area contributed by atoms with E-state index < -0.39 is 5.54 Å². The second-order valence-corrected chi connectivity index (χ2v) is 10.3. The van der Waals surface area contributed by atoms with E-state index in [1.807, 2.05) is 91.9 Å². The minimum absolute atomic E-state index is 0.00463. The molecule has 3 aromatic carbocycles. The van der Waals surface area contributed by atoms with Crippen LogP contribution >= 0.6 is 0 Å². The van der Waals surface area contributed by atoms with Crippen LogP contribution in [0.25, 0.3) is 5.84 Å².